The summed E-state index contributed by atoms with van der Waals surface area (Å²) >= 11 is 4.38. The van der Waals surface area contributed by atoms with E-state index >= 15 is 0 Å². The predicted octanol–water partition coefficient (Wildman–Crippen LogP) is 3.74. The molecule has 1 fully saturated rings. The number of hydrogen-bond acceptors (Lipinski definition) is 2. The minimum absolute atomic E-state index is 0.209. The average molecular weight is 258 g/mol. The van der Waals surface area contributed by atoms with E-state index in [1.54, 1.807) is 0 Å². The van der Waals surface area contributed by atoms with Crippen LogP contribution in [0.3, 0.4) is 0 Å². The third-order valence-corrected chi connectivity index (χ3v) is 4.18. The van der Waals surface area contributed by atoms with Gasteiger partial charge in [-0.2, -0.15) is 12.6 Å². The van der Waals surface area contributed by atoms with Crippen LogP contribution in [-0.2, 0) is 10.2 Å². The number of aryl methyl sites for hydroxylation is 1. The lowest BCUT2D eigenvalue weighted by Gasteiger charge is -2.42. The van der Waals surface area contributed by atoms with Crippen molar-refractivity contribution in [2.24, 2.45) is 0 Å². The van der Waals surface area contributed by atoms with Gasteiger partial charge in [0.15, 0.2) is 0 Å². The molecule has 0 aliphatic carbocycles. The lowest BCUT2D eigenvalue weighted by atomic mass is 9.76. The predicted molar refractivity (Wildman–Crippen MR) is 79.7 cm³/mol. The molecule has 94 valence electrons. The van der Waals surface area contributed by atoms with Crippen molar-refractivity contribution in [1.29, 1.82) is 0 Å². The molecule has 0 N–H and O–H groups in total. The number of ether oxygens (including phenoxy) is 1. The number of thiol groups is 1. The minimum Gasteiger partial charge on any atom is -0.379 e. The van der Waals surface area contributed by atoms with Crippen molar-refractivity contribution in [3.8, 4) is 0 Å². The van der Waals surface area contributed by atoms with Crippen molar-refractivity contribution in [3.05, 3.63) is 47.5 Å². The molecule has 1 aliphatic rings. The van der Waals surface area contributed by atoms with Crippen molar-refractivity contribution in [1.82, 2.24) is 0 Å². The lowest BCUT2D eigenvalue weighted by molar-refractivity contribution is -0.0613. The van der Waals surface area contributed by atoms with E-state index in [1.807, 2.05) is 0 Å². The van der Waals surface area contributed by atoms with Crippen LogP contribution in [-0.4, -0.2) is 19.0 Å². The Morgan fingerprint density at radius 2 is 1.83 bits per heavy atom. The highest BCUT2D eigenvalue weighted by atomic mass is 32.1. The summed E-state index contributed by atoms with van der Waals surface area (Å²) in [6.45, 7) is 3.81. The van der Waals surface area contributed by atoms with Crippen molar-refractivity contribution in [2.75, 3.05) is 19.0 Å². The van der Waals surface area contributed by atoms with Gasteiger partial charge in [0.2, 0.25) is 0 Å². The fourth-order valence-corrected chi connectivity index (χ4v) is 3.14. The summed E-state index contributed by atoms with van der Waals surface area (Å²) in [5.41, 5.74) is 2.92. The summed E-state index contributed by atoms with van der Waals surface area (Å²) < 4.78 is 5.44. The maximum atomic E-state index is 5.44. The maximum absolute atomic E-state index is 5.44. The highest BCUT2D eigenvalue weighted by molar-refractivity contribution is 7.80. The first-order chi connectivity index (χ1) is 8.73. The van der Waals surface area contributed by atoms with Gasteiger partial charge >= 0.3 is 0 Å². The largest absolute Gasteiger partial charge is 0.379 e. The monoisotopic (exact) mass is 258 g/mol. The van der Waals surface area contributed by atoms with Gasteiger partial charge in [-0.25, -0.2) is 0 Å². The minimum atomic E-state index is 0.209. The Labute approximate surface area is 114 Å². The van der Waals surface area contributed by atoms with Gasteiger partial charge in [-0.15, -0.1) is 0 Å². The highest BCUT2D eigenvalue weighted by Crippen LogP contribution is 2.37. The van der Waals surface area contributed by atoms with E-state index in [9.17, 15) is 0 Å². The Hall–Kier alpha value is -0.990. The molecule has 0 amide bonds. The van der Waals surface area contributed by atoms with Crippen LogP contribution in [0.15, 0.2) is 36.4 Å². The number of fused-ring (bicyclic) bond motifs is 1. The zero-order valence-corrected chi connectivity index (χ0v) is 11.5. The van der Waals surface area contributed by atoms with E-state index in [0.717, 1.165) is 25.4 Å². The average Bonchev–Trinajstić information content (AvgIpc) is 2.33. The number of hydrogen-bond donors (Lipinski definition) is 1. The fourth-order valence-electron chi connectivity index (χ4n) is 2.71. The third-order valence-electron chi connectivity index (χ3n) is 3.96. The van der Waals surface area contributed by atoms with Gasteiger partial charge in [-0.3, -0.25) is 0 Å². The van der Waals surface area contributed by atoms with E-state index in [4.69, 9.17) is 4.74 Å². The van der Waals surface area contributed by atoms with Crippen LogP contribution in [0.2, 0.25) is 0 Å². The fraction of sp³-hybridized carbons (Fsp3) is 0.375. The number of rotatable bonds is 3. The Bertz CT molecular complexity index is 572. The molecule has 0 atom stereocenters. The lowest BCUT2D eigenvalue weighted by Crippen LogP contribution is -2.47. The topological polar surface area (TPSA) is 9.23 Å². The molecule has 18 heavy (non-hydrogen) atoms. The van der Waals surface area contributed by atoms with Gasteiger partial charge in [0, 0.05) is 5.41 Å². The standard InChI is InChI=1S/C16H18OS/c1-12-2-3-14-9-15(5-4-13(14)8-12)16(6-7-18)10-17-11-16/h2-5,8-9,18H,6-7,10-11H2,1H3. The Kier molecular flexibility index (Phi) is 3.08. The van der Waals surface area contributed by atoms with Crippen molar-refractivity contribution >= 4 is 23.4 Å². The summed E-state index contributed by atoms with van der Waals surface area (Å²) in [7, 11) is 0. The molecule has 1 saturated heterocycles. The Morgan fingerprint density at radius 3 is 2.50 bits per heavy atom. The van der Waals surface area contributed by atoms with Crippen LogP contribution in [0.4, 0.5) is 0 Å². The van der Waals surface area contributed by atoms with E-state index in [0.29, 0.717) is 0 Å². The summed E-state index contributed by atoms with van der Waals surface area (Å²) in [6, 6.07) is 13.4. The zero-order valence-electron chi connectivity index (χ0n) is 10.6. The van der Waals surface area contributed by atoms with Gasteiger partial charge < -0.3 is 4.74 Å². The van der Waals surface area contributed by atoms with Crippen molar-refractivity contribution in [2.45, 2.75) is 18.8 Å². The second kappa shape index (κ2) is 4.60. The maximum Gasteiger partial charge on any atom is 0.0585 e. The Balaban J connectivity index is 2.05. The molecule has 0 unspecified atom stereocenters. The highest BCUT2D eigenvalue weighted by Gasteiger charge is 2.39. The second-order valence-corrected chi connectivity index (χ2v) is 5.76. The first-order valence-electron chi connectivity index (χ1n) is 6.43. The molecular weight excluding hydrogens is 240 g/mol. The summed E-state index contributed by atoms with van der Waals surface area (Å²) in [4.78, 5) is 0. The van der Waals surface area contributed by atoms with Crippen LogP contribution in [0, 0.1) is 6.92 Å². The molecule has 1 aliphatic heterocycles. The molecule has 2 aromatic rings. The van der Waals surface area contributed by atoms with Crippen LogP contribution >= 0.6 is 12.6 Å². The van der Waals surface area contributed by atoms with E-state index in [2.05, 4.69) is 56.0 Å². The second-order valence-electron chi connectivity index (χ2n) is 5.31. The molecule has 0 bridgehead atoms. The molecule has 1 nitrogen and oxygen atoms in total. The summed E-state index contributed by atoms with van der Waals surface area (Å²) in [5, 5.41) is 2.64. The molecule has 3 rings (SSSR count). The van der Waals surface area contributed by atoms with Crippen LogP contribution in [0.1, 0.15) is 17.5 Å². The first-order valence-corrected chi connectivity index (χ1v) is 7.06. The van der Waals surface area contributed by atoms with E-state index in [-0.39, 0.29) is 5.41 Å². The first kappa shape index (κ1) is 12.1. The van der Waals surface area contributed by atoms with Crippen molar-refractivity contribution < 1.29 is 4.74 Å². The summed E-state index contributed by atoms with van der Waals surface area (Å²) in [5.74, 6) is 0.912. The molecule has 0 radical (unpaired) electrons. The summed E-state index contributed by atoms with van der Waals surface area (Å²) in [6.07, 6.45) is 1.09. The number of benzene rings is 2. The molecule has 0 spiro atoms. The Morgan fingerprint density at radius 1 is 1.11 bits per heavy atom. The normalized spacial score (nSPS) is 17.7. The van der Waals surface area contributed by atoms with Gasteiger partial charge in [-0.05, 0) is 35.4 Å². The van der Waals surface area contributed by atoms with E-state index in [1.165, 1.54) is 21.9 Å². The van der Waals surface area contributed by atoms with E-state index < -0.39 is 0 Å². The molecule has 2 heteroatoms. The third kappa shape index (κ3) is 1.94. The smallest absolute Gasteiger partial charge is 0.0585 e. The van der Waals surface area contributed by atoms with Crippen LogP contribution in [0.25, 0.3) is 10.8 Å². The molecule has 1 heterocycles. The van der Waals surface area contributed by atoms with Crippen LogP contribution < -0.4 is 0 Å². The van der Waals surface area contributed by atoms with Gasteiger partial charge in [0.25, 0.3) is 0 Å². The van der Waals surface area contributed by atoms with Gasteiger partial charge in [0.1, 0.15) is 0 Å². The molecule has 0 aromatic heterocycles. The quantitative estimate of drug-likeness (QED) is 0.825. The zero-order chi connectivity index (χ0) is 12.6. The SMILES string of the molecule is Cc1ccc2cc(C3(CCS)COC3)ccc2c1. The van der Waals surface area contributed by atoms with Crippen molar-refractivity contribution in [3.63, 3.8) is 0 Å². The van der Waals surface area contributed by atoms with Crippen LogP contribution in [0.5, 0.6) is 0 Å². The van der Waals surface area contributed by atoms with Gasteiger partial charge in [-0.1, -0.05) is 42.0 Å². The molecular formula is C16H18OS. The van der Waals surface area contributed by atoms with Gasteiger partial charge in [0.05, 0.1) is 13.2 Å². The molecule has 0 saturated carbocycles. The molecule has 2 aromatic carbocycles.